The van der Waals surface area contributed by atoms with Crippen LogP contribution in [0.2, 0.25) is 0 Å². The van der Waals surface area contributed by atoms with E-state index in [1.165, 1.54) is 0 Å². The Balaban J connectivity index is 0.00000400. The fourth-order valence-electron chi connectivity index (χ4n) is 2.10. The normalized spacial score (nSPS) is 16.9. The Kier molecular flexibility index (Phi) is 10.8. The van der Waals surface area contributed by atoms with Crippen LogP contribution in [0.1, 0.15) is 47.0 Å². The molecular formula is C15H31IN4O. The Labute approximate surface area is 146 Å². The first-order valence-corrected chi connectivity index (χ1v) is 7.87. The average Bonchev–Trinajstić information content (AvgIpc) is 2.80. The standard InChI is InChI=1S/C15H30N4O.HI/c1-5-16-15(18-13(4)12(2)3)17-9-7-11-19-10-6-8-14(19)20;/h12-13H,5-11H2,1-4H3,(H2,16,17,18);1H. The van der Waals surface area contributed by atoms with Crippen molar-refractivity contribution in [2.24, 2.45) is 10.9 Å². The summed E-state index contributed by atoms with van der Waals surface area (Å²) in [5.41, 5.74) is 0. The molecule has 1 amide bonds. The van der Waals surface area contributed by atoms with Gasteiger partial charge >= 0.3 is 0 Å². The average molecular weight is 410 g/mol. The van der Waals surface area contributed by atoms with Crippen molar-refractivity contribution in [3.8, 4) is 0 Å². The second kappa shape index (κ2) is 11.1. The Morgan fingerprint density at radius 1 is 1.38 bits per heavy atom. The molecular weight excluding hydrogens is 379 g/mol. The molecule has 5 nitrogen and oxygen atoms in total. The molecule has 1 fully saturated rings. The third-order valence-electron chi connectivity index (χ3n) is 3.74. The summed E-state index contributed by atoms with van der Waals surface area (Å²) in [6, 6.07) is 0.396. The lowest BCUT2D eigenvalue weighted by Gasteiger charge is -2.21. The molecule has 0 spiro atoms. The van der Waals surface area contributed by atoms with Crippen LogP contribution in [0.25, 0.3) is 0 Å². The summed E-state index contributed by atoms with van der Waals surface area (Å²) in [4.78, 5) is 18.0. The monoisotopic (exact) mass is 410 g/mol. The van der Waals surface area contributed by atoms with E-state index in [0.29, 0.717) is 17.9 Å². The Hall–Kier alpha value is -0.530. The van der Waals surface area contributed by atoms with Crippen molar-refractivity contribution in [1.29, 1.82) is 0 Å². The van der Waals surface area contributed by atoms with Crippen molar-refractivity contribution < 1.29 is 4.79 Å². The Morgan fingerprint density at radius 2 is 2.10 bits per heavy atom. The molecule has 0 bridgehead atoms. The molecule has 0 aromatic carbocycles. The van der Waals surface area contributed by atoms with Gasteiger partial charge in [0, 0.05) is 38.6 Å². The maximum absolute atomic E-state index is 11.5. The molecule has 1 aliphatic rings. The molecule has 1 heterocycles. The van der Waals surface area contributed by atoms with Crippen LogP contribution in [0.3, 0.4) is 0 Å². The highest BCUT2D eigenvalue weighted by atomic mass is 127. The molecule has 6 heteroatoms. The van der Waals surface area contributed by atoms with Gasteiger partial charge in [-0.15, -0.1) is 24.0 Å². The van der Waals surface area contributed by atoms with Gasteiger partial charge in [-0.25, -0.2) is 0 Å². The minimum Gasteiger partial charge on any atom is -0.357 e. The summed E-state index contributed by atoms with van der Waals surface area (Å²) < 4.78 is 0. The minimum absolute atomic E-state index is 0. The number of carbonyl (C=O) groups excluding carboxylic acids is 1. The van der Waals surface area contributed by atoms with Gasteiger partial charge in [0.05, 0.1) is 0 Å². The summed E-state index contributed by atoms with van der Waals surface area (Å²) in [5.74, 6) is 1.75. The van der Waals surface area contributed by atoms with Crippen molar-refractivity contribution in [2.75, 3.05) is 26.2 Å². The number of carbonyl (C=O) groups is 1. The van der Waals surface area contributed by atoms with Gasteiger partial charge < -0.3 is 15.5 Å². The zero-order valence-electron chi connectivity index (χ0n) is 13.8. The number of likely N-dealkylation sites (tertiary alicyclic amines) is 1. The number of nitrogens with one attached hydrogen (secondary N) is 2. The maximum atomic E-state index is 11.5. The van der Waals surface area contributed by atoms with Gasteiger partial charge in [-0.2, -0.15) is 0 Å². The van der Waals surface area contributed by atoms with Gasteiger partial charge in [-0.3, -0.25) is 9.79 Å². The van der Waals surface area contributed by atoms with Crippen molar-refractivity contribution in [1.82, 2.24) is 15.5 Å². The van der Waals surface area contributed by atoms with Gasteiger partial charge in [0.1, 0.15) is 0 Å². The van der Waals surface area contributed by atoms with Gasteiger partial charge in [0.25, 0.3) is 0 Å². The van der Waals surface area contributed by atoms with E-state index in [2.05, 4.69) is 43.3 Å². The summed E-state index contributed by atoms with van der Waals surface area (Å²) in [6.07, 6.45) is 2.66. The van der Waals surface area contributed by atoms with Crippen molar-refractivity contribution in [2.45, 2.75) is 53.0 Å². The van der Waals surface area contributed by atoms with Crippen LogP contribution < -0.4 is 10.6 Å². The zero-order valence-corrected chi connectivity index (χ0v) is 16.1. The highest BCUT2D eigenvalue weighted by molar-refractivity contribution is 14.0. The highest BCUT2D eigenvalue weighted by Gasteiger charge is 2.18. The van der Waals surface area contributed by atoms with Crippen LogP contribution in [-0.4, -0.2) is 49.0 Å². The SMILES string of the molecule is CCNC(=NCCCN1CCCC1=O)NC(C)C(C)C.I. The number of amides is 1. The first kappa shape index (κ1) is 20.5. The molecule has 124 valence electrons. The molecule has 21 heavy (non-hydrogen) atoms. The molecule has 2 N–H and O–H groups in total. The summed E-state index contributed by atoms with van der Waals surface area (Å²) in [6.45, 7) is 12.0. The predicted octanol–water partition coefficient (Wildman–Crippen LogP) is 2.22. The maximum Gasteiger partial charge on any atom is 0.222 e. The van der Waals surface area contributed by atoms with E-state index in [9.17, 15) is 4.79 Å². The predicted molar refractivity (Wildman–Crippen MR) is 99.3 cm³/mol. The number of aliphatic imine (C=N–C) groups is 1. The Morgan fingerprint density at radius 3 is 2.62 bits per heavy atom. The van der Waals surface area contributed by atoms with Gasteiger partial charge in [-0.05, 0) is 32.6 Å². The second-order valence-corrected chi connectivity index (χ2v) is 5.78. The number of nitrogens with zero attached hydrogens (tertiary/aromatic N) is 2. The largest absolute Gasteiger partial charge is 0.357 e. The zero-order chi connectivity index (χ0) is 15.0. The van der Waals surface area contributed by atoms with Crippen LogP contribution in [0, 0.1) is 5.92 Å². The van der Waals surface area contributed by atoms with E-state index in [0.717, 1.165) is 51.4 Å². The first-order valence-electron chi connectivity index (χ1n) is 7.87. The lowest BCUT2D eigenvalue weighted by atomic mass is 10.1. The fourth-order valence-corrected chi connectivity index (χ4v) is 2.10. The quantitative estimate of drug-likeness (QED) is 0.293. The fraction of sp³-hybridized carbons (Fsp3) is 0.867. The lowest BCUT2D eigenvalue weighted by molar-refractivity contribution is -0.127. The van der Waals surface area contributed by atoms with Gasteiger partial charge in [-0.1, -0.05) is 13.8 Å². The molecule has 1 saturated heterocycles. The third kappa shape index (κ3) is 7.87. The number of hydrogen-bond acceptors (Lipinski definition) is 2. The van der Waals surface area contributed by atoms with E-state index in [-0.39, 0.29) is 24.0 Å². The molecule has 1 aliphatic heterocycles. The molecule has 0 aliphatic carbocycles. The van der Waals surface area contributed by atoms with Crippen molar-refractivity contribution >= 4 is 35.8 Å². The number of guanidine groups is 1. The highest BCUT2D eigenvalue weighted by Crippen LogP contribution is 2.09. The van der Waals surface area contributed by atoms with Crippen molar-refractivity contribution in [3.05, 3.63) is 0 Å². The molecule has 0 aromatic rings. The number of hydrogen-bond donors (Lipinski definition) is 2. The summed E-state index contributed by atoms with van der Waals surface area (Å²) in [7, 11) is 0. The van der Waals surface area contributed by atoms with E-state index < -0.39 is 0 Å². The van der Waals surface area contributed by atoms with Crippen molar-refractivity contribution in [3.63, 3.8) is 0 Å². The van der Waals surface area contributed by atoms with E-state index >= 15 is 0 Å². The van der Waals surface area contributed by atoms with E-state index in [4.69, 9.17) is 0 Å². The van der Waals surface area contributed by atoms with Crippen LogP contribution >= 0.6 is 24.0 Å². The summed E-state index contributed by atoms with van der Waals surface area (Å²) >= 11 is 0. The van der Waals surface area contributed by atoms with Gasteiger partial charge in [0.15, 0.2) is 5.96 Å². The number of halogens is 1. The smallest absolute Gasteiger partial charge is 0.222 e. The molecule has 0 aromatic heterocycles. The molecule has 0 radical (unpaired) electrons. The van der Waals surface area contributed by atoms with E-state index in [1.54, 1.807) is 0 Å². The van der Waals surface area contributed by atoms with Crippen LogP contribution in [0.5, 0.6) is 0 Å². The summed E-state index contributed by atoms with van der Waals surface area (Å²) in [5, 5.41) is 6.68. The minimum atomic E-state index is 0. The van der Waals surface area contributed by atoms with Crippen LogP contribution in [0.4, 0.5) is 0 Å². The Bertz CT molecular complexity index is 334. The molecule has 1 atom stereocenters. The van der Waals surface area contributed by atoms with E-state index in [1.807, 2.05) is 4.90 Å². The second-order valence-electron chi connectivity index (χ2n) is 5.78. The first-order chi connectivity index (χ1) is 9.54. The molecule has 1 unspecified atom stereocenters. The van der Waals surface area contributed by atoms with Gasteiger partial charge in [0.2, 0.25) is 5.91 Å². The van der Waals surface area contributed by atoms with Crippen LogP contribution in [0.15, 0.2) is 4.99 Å². The topological polar surface area (TPSA) is 56.7 Å². The molecule has 1 rings (SSSR count). The number of rotatable bonds is 7. The third-order valence-corrected chi connectivity index (χ3v) is 3.74. The van der Waals surface area contributed by atoms with Crippen LogP contribution in [-0.2, 0) is 4.79 Å². The lowest BCUT2D eigenvalue weighted by Crippen LogP contribution is -2.44. The molecule has 0 saturated carbocycles.